The van der Waals surface area contributed by atoms with E-state index in [9.17, 15) is 27.6 Å². The fourth-order valence-electron chi connectivity index (χ4n) is 3.75. The summed E-state index contributed by atoms with van der Waals surface area (Å²) in [6.45, 7) is 0.819. The van der Waals surface area contributed by atoms with Crippen molar-refractivity contribution in [2.75, 3.05) is 30.4 Å². The molecule has 34 heavy (non-hydrogen) atoms. The first-order valence-electron chi connectivity index (χ1n) is 10.5. The number of carbonyl (C=O) groups is 2. The zero-order valence-electron chi connectivity index (χ0n) is 18.1. The number of nitrogens with one attached hydrogen (secondary N) is 2. The highest BCUT2D eigenvalue weighted by Crippen LogP contribution is 2.31. The van der Waals surface area contributed by atoms with Gasteiger partial charge in [0, 0.05) is 31.7 Å². The van der Waals surface area contributed by atoms with Crippen LogP contribution in [0.5, 0.6) is 0 Å². The zero-order chi connectivity index (χ0) is 24.5. The summed E-state index contributed by atoms with van der Waals surface area (Å²) in [6.07, 6.45) is -2.00. The van der Waals surface area contributed by atoms with Gasteiger partial charge in [-0.1, -0.05) is 17.4 Å². The molecule has 2 N–H and O–H groups in total. The Hall–Kier alpha value is -3.48. The van der Waals surface area contributed by atoms with Crippen molar-refractivity contribution < 1.29 is 22.8 Å². The largest absolute Gasteiger partial charge is 0.416 e. The molecule has 0 atom stereocenters. The van der Waals surface area contributed by atoms with E-state index in [1.807, 2.05) is 4.90 Å². The van der Waals surface area contributed by atoms with E-state index in [4.69, 9.17) is 0 Å². The minimum Gasteiger partial charge on any atom is -0.359 e. The van der Waals surface area contributed by atoms with Gasteiger partial charge in [-0.25, -0.2) is 4.98 Å². The summed E-state index contributed by atoms with van der Waals surface area (Å²) in [6, 6.07) is 4.25. The molecule has 2 aromatic heterocycles. The molecular weight excluding hydrogens is 473 g/mol. The van der Waals surface area contributed by atoms with Crippen LogP contribution in [0.25, 0.3) is 10.3 Å². The SMILES string of the molecule is CNC(=O)C1CCN(c2nc3ncn(CC(=O)Nc4cccc(C(F)(F)F)c4)c(=O)c3s2)CC1. The molecule has 2 amide bonds. The fraction of sp³-hybridized carbons (Fsp3) is 0.381. The van der Waals surface area contributed by atoms with Gasteiger partial charge in [-0.2, -0.15) is 18.2 Å². The van der Waals surface area contributed by atoms with E-state index in [1.54, 1.807) is 7.05 Å². The van der Waals surface area contributed by atoms with Crippen molar-refractivity contribution in [3.05, 3.63) is 46.5 Å². The molecule has 1 saturated heterocycles. The number of amides is 2. The van der Waals surface area contributed by atoms with Crippen LogP contribution in [-0.4, -0.2) is 46.5 Å². The van der Waals surface area contributed by atoms with Crippen molar-refractivity contribution in [2.45, 2.75) is 25.6 Å². The van der Waals surface area contributed by atoms with Crippen LogP contribution in [0.2, 0.25) is 0 Å². The molecule has 0 saturated carbocycles. The number of hydrogen-bond acceptors (Lipinski definition) is 7. The van der Waals surface area contributed by atoms with Crippen LogP contribution in [0, 0.1) is 5.92 Å². The lowest BCUT2D eigenvalue weighted by molar-refractivity contribution is -0.137. The Morgan fingerprint density at radius 1 is 1.24 bits per heavy atom. The van der Waals surface area contributed by atoms with Gasteiger partial charge in [-0.15, -0.1) is 0 Å². The molecule has 180 valence electrons. The van der Waals surface area contributed by atoms with Gasteiger partial charge in [-0.05, 0) is 31.0 Å². The number of rotatable bonds is 5. The van der Waals surface area contributed by atoms with Gasteiger partial charge >= 0.3 is 6.18 Å². The van der Waals surface area contributed by atoms with Crippen molar-refractivity contribution in [3.8, 4) is 0 Å². The summed E-state index contributed by atoms with van der Waals surface area (Å²) in [4.78, 5) is 47.6. The van der Waals surface area contributed by atoms with Crippen LogP contribution in [-0.2, 0) is 22.3 Å². The van der Waals surface area contributed by atoms with Crippen LogP contribution >= 0.6 is 11.3 Å². The summed E-state index contributed by atoms with van der Waals surface area (Å²) in [7, 11) is 1.61. The first kappa shape index (κ1) is 23.7. The molecule has 4 rings (SSSR count). The van der Waals surface area contributed by atoms with Gasteiger partial charge in [0.2, 0.25) is 11.8 Å². The van der Waals surface area contributed by atoms with E-state index in [1.165, 1.54) is 18.5 Å². The lowest BCUT2D eigenvalue weighted by Gasteiger charge is -2.30. The molecular formula is C21H21F3N6O3S. The lowest BCUT2D eigenvalue weighted by atomic mass is 9.96. The second-order valence-corrected chi connectivity index (χ2v) is 8.81. The normalized spacial score (nSPS) is 14.9. The number of carbonyl (C=O) groups excluding carboxylic acids is 2. The predicted octanol–water partition coefficient (Wildman–Crippen LogP) is 2.47. The highest BCUT2D eigenvalue weighted by Gasteiger charge is 2.30. The maximum Gasteiger partial charge on any atom is 0.416 e. The van der Waals surface area contributed by atoms with Gasteiger partial charge in [-0.3, -0.25) is 19.0 Å². The number of hydrogen-bond donors (Lipinski definition) is 2. The first-order valence-corrected chi connectivity index (χ1v) is 11.3. The second kappa shape index (κ2) is 9.41. The Balaban J connectivity index is 1.46. The topological polar surface area (TPSA) is 109 Å². The van der Waals surface area contributed by atoms with Gasteiger partial charge < -0.3 is 15.5 Å². The third-order valence-corrected chi connectivity index (χ3v) is 6.64. The molecule has 0 bridgehead atoms. The van der Waals surface area contributed by atoms with Crippen LogP contribution in [0.1, 0.15) is 18.4 Å². The number of alkyl halides is 3. The number of aromatic nitrogens is 3. The van der Waals surface area contributed by atoms with E-state index in [0.717, 1.165) is 28.0 Å². The monoisotopic (exact) mass is 494 g/mol. The summed E-state index contributed by atoms with van der Waals surface area (Å²) in [5.41, 5.74) is -1.12. The molecule has 1 fully saturated rings. The molecule has 9 nitrogen and oxygen atoms in total. The Morgan fingerprint density at radius 3 is 2.65 bits per heavy atom. The van der Waals surface area contributed by atoms with E-state index in [2.05, 4.69) is 20.6 Å². The lowest BCUT2D eigenvalue weighted by Crippen LogP contribution is -2.39. The Kier molecular flexibility index (Phi) is 6.55. The third-order valence-electron chi connectivity index (χ3n) is 5.54. The maximum atomic E-state index is 12.9. The molecule has 3 aromatic rings. The molecule has 0 spiro atoms. The highest BCUT2D eigenvalue weighted by molar-refractivity contribution is 7.22. The molecule has 0 aliphatic carbocycles. The predicted molar refractivity (Wildman–Crippen MR) is 121 cm³/mol. The number of piperidine rings is 1. The second-order valence-electron chi connectivity index (χ2n) is 7.83. The van der Waals surface area contributed by atoms with Crippen molar-refractivity contribution >= 4 is 44.3 Å². The summed E-state index contributed by atoms with van der Waals surface area (Å²) in [5.74, 6) is -0.707. The van der Waals surface area contributed by atoms with Crippen molar-refractivity contribution in [3.63, 3.8) is 0 Å². The van der Waals surface area contributed by atoms with E-state index in [0.29, 0.717) is 31.1 Å². The van der Waals surface area contributed by atoms with Gasteiger partial charge in [0.15, 0.2) is 10.8 Å². The highest BCUT2D eigenvalue weighted by atomic mass is 32.1. The molecule has 1 aliphatic heterocycles. The summed E-state index contributed by atoms with van der Waals surface area (Å²) >= 11 is 1.16. The number of anilines is 2. The fourth-order valence-corrected chi connectivity index (χ4v) is 4.77. The minimum absolute atomic E-state index is 0.0110. The van der Waals surface area contributed by atoms with Gasteiger partial charge in [0.1, 0.15) is 17.6 Å². The Morgan fingerprint density at radius 2 is 1.97 bits per heavy atom. The van der Waals surface area contributed by atoms with Crippen LogP contribution in [0.3, 0.4) is 0 Å². The summed E-state index contributed by atoms with van der Waals surface area (Å²) in [5, 5.41) is 5.64. The summed E-state index contributed by atoms with van der Waals surface area (Å²) < 4.78 is 40.0. The maximum absolute atomic E-state index is 12.9. The average molecular weight is 494 g/mol. The van der Waals surface area contributed by atoms with E-state index >= 15 is 0 Å². The molecule has 0 unspecified atom stereocenters. The average Bonchev–Trinajstić information content (AvgIpc) is 3.25. The smallest absolute Gasteiger partial charge is 0.359 e. The number of benzene rings is 1. The molecule has 3 heterocycles. The van der Waals surface area contributed by atoms with Gasteiger partial charge in [0.05, 0.1) is 5.56 Å². The standard InChI is InChI=1S/C21H21F3N6O3S/c1-25-18(32)12-5-7-29(8-6-12)20-28-17-16(34-20)19(33)30(11-26-17)10-15(31)27-14-4-2-3-13(9-14)21(22,23)24/h2-4,9,11-12H,5-8,10H2,1H3,(H,25,32)(H,27,31). The molecule has 13 heteroatoms. The van der Waals surface area contributed by atoms with E-state index < -0.39 is 29.8 Å². The van der Waals surface area contributed by atoms with Crippen LogP contribution in [0.15, 0.2) is 35.4 Å². The minimum atomic E-state index is -4.53. The van der Waals surface area contributed by atoms with Crippen LogP contribution < -0.4 is 21.1 Å². The molecule has 1 aromatic carbocycles. The number of fused-ring (bicyclic) bond motifs is 1. The quantitative estimate of drug-likeness (QED) is 0.564. The zero-order valence-corrected chi connectivity index (χ0v) is 18.9. The Bertz CT molecular complexity index is 1280. The van der Waals surface area contributed by atoms with Crippen molar-refractivity contribution in [1.29, 1.82) is 0 Å². The molecule has 0 radical (unpaired) electrons. The van der Waals surface area contributed by atoms with Crippen molar-refractivity contribution in [2.24, 2.45) is 5.92 Å². The van der Waals surface area contributed by atoms with Crippen molar-refractivity contribution in [1.82, 2.24) is 19.9 Å². The number of halogens is 3. The first-order chi connectivity index (χ1) is 16.2. The molecule has 1 aliphatic rings. The Labute approximate surface area is 195 Å². The number of nitrogens with zero attached hydrogens (tertiary/aromatic N) is 4. The van der Waals surface area contributed by atoms with E-state index in [-0.39, 0.29) is 27.9 Å². The van der Waals surface area contributed by atoms with Gasteiger partial charge in [0.25, 0.3) is 5.56 Å². The third kappa shape index (κ3) is 5.03. The van der Waals surface area contributed by atoms with Crippen LogP contribution in [0.4, 0.5) is 24.0 Å². The number of thiazole rings is 1.